The summed E-state index contributed by atoms with van der Waals surface area (Å²) in [5.41, 5.74) is 0. The van der Waals surface area contributed by atoms with E-state index in [1.807, 2.05) is 0 Å². The molecule has 1 heterocycles. The summed E-state index contributed by atoms with van der Waals surface area (Å²) in [5.74, 6) is 0.149. The molecule has 0 bridgehead atoms. The number of rotatable bonds is 5. The van der Waals surface area contributed by atoms with Crippen molar-refractivity contribution in [3.63, 3.8) is 0 Å². The highest BCUT2D eigenvalue weighted by atomic mass is 16.2. The van der Waals surface area contributed by atoms with Crippen molar-refractivity contribution in [2.45, 2.75) is 25.8 Å². The van der Waals surface area contributed by atoms with Crippen LogP contribution in [0.25, 0.3) is 0 Å². The smallest absolute Gasteiger partial charge is 0.236 e. The number of amides is 1. The maximum Gasteiger partial charge on any atom is 0.236 e. The number of hydrogen-bond donors (Lipinski definition) is 1. The van der Waals surface area contributed by atoms with Crippen LogP contribution in [0.2, 0.25) is 0 Å². The van der Waals surface area contributed by atoms with Crippen molar-refractivity contribution in [1.82, 2.24) is 15.1 Å². The maximum atomic E-state index is 11.3. The zero-order valence-electron chi connectivity index (χ0n) is 10.1. The first-order valence-corrected chi connectivity index (χ1v) is 5.80. The largest absolute Gasteiger partial charge is 0.348 e. The van der Waals surface area contributed by atoms with Gasteiger partial charge in [-0.25, -0.2) is 0 Å². The van der Waals surface area contributed by atoms with E-state index in [-0.39, 0.29) is 5.91 Å². The van der Waals surface area contributed by atoms with Gasteiger partial charge in [-0.3, -0.25) is 9.69 Å². The van der Waals surface area contributed by atoms with Crippen LogP contribution in [0, 0.1) is 0 Å². The summed E-state index contributed by atoms with van der Waals surface area (Å²) < 4.78 is 0. The van der Waals surface area contributed by atoms with E-state index in [1.54, 1.807) is 19.0 Å². The molecule has 4 heteroatoms. The molecule has 1 N–H and O–H groups in total. The molecule has 0 aromatic rings. The Kier molecular flexibility index (Phi) is 5.05. The first kappa shape index (κ1) is 12.5. The minimum Gasteiger partial charge on any atom is -0.348 e. The second-order valence-corrected chi connectivity index (χ2v) is 4.34. The average Bonchev–Trinajstić information content (AvgIpc) is 2.65. The Labute approximate surface area is 92.6 Å². The summed E-state index contributed by atoms with van der Waals surface area (Å²) in [6.45, 7) is 5.93. The summed E-state index contributed by atoms with van der Waals surface area (Å²) in [7, 11) is 3.58. The van der Waals surface area contributed by atoms with Crippen molar-refractivity contribution >= 4 is 5.91 Å². The molecule has 1 amide bonds. The van der Waals surface area contributed by atoms with E-state index in [0.29, 0.717) is 12.6 Å². The number of hydrogen-bond acceptors (Lipinski definition) is 3. The summed E-state index contributed by atoms with van der Waals surface area (Å²) >= 11 is 0. The molecule has 0 saturated carbocycles. The van der Waals surface area contributed by atoms with Crippen molar-refractivity contribution in [3.05, 3.63) is 0 Å². The van der Waals surface area contributed by atoms with E-state index in [0.717, 1.165) is 13.1 Å². The minimum absolute atomic E-state index is 0.149. The summed E-state index contributed by atoms with van der Waals surface area (Å²) in [4.78, 5) is 15.4. The molecule has 0 aromatic heterocycles. The van der Waals surface area contributed by atoms with Crippen LogP contribution in [0.4, 0.5) is 0 Å². The second kappa shape index (κ2) is 6.08. The molecule has 15 heavy (non-hydrogen) atoms. The van der Waals surface area contributed by atoms with Crippen LogP contribution in [0.5, 0.6) is 0 Å². The number of carbonyl (C=O) groups excluding carboxylic acids is 1. The molecule has 0 spiro atoms. The monoisotopic (exact) mass is 213 g/mol. The zero-order valence-corrected chi connectivity index (χ0v) is 10.1. The third kappa shape index (κ3) is 3.80. The Bertz CT molecular complexity index is 206. The van der Waals surface area contributed by atoms with Crippen LogP contribution in [0.3, 0.4) is 0 Å². The molecule has 1 fully saturated rings. The van der Waals surface area contributed by atoms with Crippen molar-refractivity contribution in [2.24, 2.45) is 0 Å². The first-order valence-electron chi connectivity index (χ1n) is 5.80. The van der Waals surface area contributed by atoms with Gasteiger partial charge in [-0.2, -0.15) is 0 Å². The predicted molar refractivity (Wildman–Crippen MR) is 61.8 cm³/mol. The summed E-state index contributed by atoms with van der Waals surface area (Å²) in [6.07, 6.45) is 2.55. The van der Waals surface area contributed by atoms with Gasteiger partial charge in [-0.05, 0) is 25.9 Å². The van der Waals surface area contributed by atoms with Gasteiger partial charge in [0.1, 0.15) is 0 Å². The molecule has 0 aromatic carbocycles. The molecular weight excluding hydrogens is 190 g/mol. The van der Waals surface area contributed by atoms with Crippen LogP contribution in [-0.4, -0.2) is 62.0 Å². The van der Waals surface area contributed by atoms with Crippen molar-refractivity contribution in [2.75, 3.05) is 40.3 Å². The molecule has 1 atom stereocenters. The predicted octanol–water partition coefficient (Wildman–Crippen LogP) is 0.149. The Morgan fingerprint density at radius 3 is 2.87 bits per heavy atom. The van der Waals surface area contributed by atoms with Gasteiger partial charge in [0.05, 0.1) is 6.54 Å². The van der Waals surface area contributed by atoms with Crippen LogP contribution < -0.4 is 5.32 Å². The van der Waals surface area contributed by atoms with Crippen molar-refractivity contribution < 1.29 is 4.79 Å². The number of nitrogens with zero attached hydrogens (tertiary/aromatic N) is 2. The molecule has 0 aliphatic carbocycles. The summed E-state index contributed by atoms with van der Waals surface area (Å²) in [5, 5.41) is 3.24. The van der Waals surface area contributed by atoms with E-state index in [1.165, 1.54) is 19.4 Å². The number of nitrogens with one attached hydrogen (secondary N) is 1. The van der Waals surface area contributed by atoms with Gasteiger partial charge in [-0.15, -0.1) is 0 Å². The Morgan fingerprint density at radius 1 is 1.53 bits per heavy atom. The van der Waals surface area contributed by atoms with E-state index in [2.05, 4.69) is 17.1 Å². The van der Waals surface area contributed by atoms with Gasteiger partial charge in [0.25, 0.3) is 0 Å². The van der Waals surface area contributed by atoms with Crippen molar-refractivity contribution in [1.29, 1.82) is 0 Å². The Morgan fingerprint density at radius 2 is 2.27 bits per heavy atom. The van der Waals surface area contributed by atoms with Crippen LogP contribution in [0.15, 0.2) is 0 Å². The maximum absolute atomic E-state index is 11.3. The lowest BCUT2D eigenvalue weighted by Gasteiger charge is -2.23. The standard InChI is InChI=1S/C11H23N3O/c1-4-14-7-5-6-10(14)8-12-9-11(15)13(2)3/h10,12H,4-9H2,1-3H3/t10-/m0/s1. The molecule has 1 aliphatic rings. The highest BCUT2D eigenvalue weighted by Gasteiger charge is 2.22. The van der Waals surface area contributed by atoms with E-state index < -0.39 is 0 Å². The normalized spacial score (nSPS) is 21.9. The SMILES string of the molecule is CCN1CCC[C@H]1CNCC(=O)N(C)C. The van der Waals surface area contributed by atoms with Gasteiger partial charge >= 0.3 is 0 Å². The number of likely N-dealkylation sites (N-methyl/N-ethyl adjacent to an activating group) is 2. The van der Waals surface area contributed by atoms with Gasteiger partial charge < -0.3 is 10.2 Å². The van der Waals surface area contributed by atoms with Crippen LogP contribution in [-0.2, 0) is 4.79 Å². The second-order valence-electron chi connectivity index (χ2n) is 4.34. The minimum atomic E-state index is 0.149. The highest BCUT2D eigenvalue weighted by Crippen LogP contribution is 2.15. The third-order valence-electron chi connectivity index (χ3n) is 3.06. The van der Waals surface area contributed by atoms with Gasteiger partial charge in [0, 0.05) is 26.7 Å². The Balaban J connectivity index is 2.17. The lowest BCUT2D eigenvalue weighted by molar-refractivity contribution is -0.127. The van der Waals surface area contributed by atoms with Gasteiger partial charge in [-0.1, -0.05) is 6.92 Å². The number of carbonyl (C=O) groups is 1. The molecule has 88 valence electrons. The first-order chi connectivity index (χ1) is 7.15. The topological polar surface area (TPSA) is 35.6 Å². The van der Waals surface area contributed by atoms with Gasteiger partial charge in [0.15, 0.2) is 0 Å². The van der Waals surface area contributed by atoms with Gasteiger partial charge in [0.2, 0.25) is 5.91 Å². The average molecular weight is 213 g/mol. The lowest BCUT2D eigenvalue weighted by Crippen LogP contribution is -2.41. The molecule has 1 saturated heterocycles. The van der Waals surface area contributed by atoms with Crippen LogP contribution in [0.1, 0.15) is 19.8 Å². The Hall–Kier alpha value is -0.610. The molecule has 0 unspecified atom stereocenters. The fraction of sp³-hybridized carbons (Fsp3) is 0.909. The highest BCUT2D eigenvalue weighted by molar-refractivity contribution is 5.77. The number of likely N-dealkylation sites (tertiary alicyclic amines) is 1. The van der Waals surface area contributed by atoms with E-state index in [4.69, 9.17) is 0 Å². The molecular formula is C11H23N3O. The van der Waals surface area contributed by atoms with Crippen LogP contribution >= 0.6 is 0 Å². The van der Waals surface area contributed by atoms with E-state index in [9.17, 15) is 4.79 Å². The quantitative estimate of drug-likeness (QED) is 0.706. The fourth-order valence-corrected chi connectivity index (χ4v) is 2.05. The van der Waals surface area contributed by atoms with Crippen molar-refractivity contribution in [3.8, 4) is 0 Å². The molecule has 1 aliphatic heterocycles. The lowest BCUT2D eigenvalue weighted by atomic mass is 10.2. The molecule has 0 radical (unpaired) electrons. The fourth-order valence-electron chi connectivity index (χ4n) is 2.05. The summed E-state index contributed by atoms with van der Waals surface area (Å²) in [6, 6.07) is 0.630. The molecule has 1 rings (SSSR count). The van der Waals surface area contributed by atoms with E-state index >= 15 is 0 Å². The molecule has 4 nitrogen and oxygen atoms in total. The zero-order chi connectivity index (χ0) is 11.3. The third-order valence-corrected chi connectivity index (χ3v) is 3.06.